The van der Waals surface area contributed by atoms with Gasteiger partial charge in [0.05, 0.1) is 6.20 Å². The Kier molecular flexibility index (Phi) is 7.99. The van der Waals surface area contributed by atoms with Crippen LogP contribution in [0.2, 0.25) is 0 Å². The minimum absolute atomic E-state index is 0.220. The number of ether oxygens (including phenoxy) is 2. The zero-order chi connectivity index (χ0) is 23.3. The second-order valence-electron chi connectivity index (χ2n) is 7.92. The first-order chi connectivity index (χ1) is 15.3. The van der Waals surface area contributed by atoms with Gasteiger partial charge in [0.15, 0.2) is 6.10 Å². The fourth-order valence-electron chi connectivity index (χ4n) is 3.31. The van der Waals surface area contributed by atoms with Gasteiger partial charge >= 0.3 is 5.97 Å². The molecule has 3 rings (SSSR count). The van der Waals surface area contributed by atoms with Gasteiger partial charge in [0.1, 0.15) is 29.9 Å². The molecule has 5 atom stereocenters. The van der Waals surface area contributed by atoms with Gasteiger partial charge in [-0.15, -0.1) is 0 Å². The molecule has 0 radical (unpaired) electrons. The number of nitrogens with zero attached hydrogens (tertiary/aromatic N) is 3. The van der Waals surface area contributed by atoms with Crippen molar-refractivity contribution in [2.45, 2.75) is 37.3 Å². The largest absolute Gasteiger partial charge is 0.479 e. The second-order valence-corrected chi connectivity index (χ2v) is 7.92. The van der Waals surface area contributed by atoms with Crippen LogP contribution in [0, 0.1) is 0 Å². The van der Waals surface area contributed by atoms with E-state index in [1.165, 1.54) is 6.20 Å². The molecule has 0 spiro atoms. The first-order valence-corrected chi connectivity index (χ1v) is 10.2. The highest BCUT2D eigenvalue weighted by atomic mass is 16.7. The van der Waals surface area contributed by atoms with Gasteiger partial charge in [-0.25, -0.2) is 9.78 Å². The number of pyridine rings is 1. The summed E-state index contributed by atoms with van der Waals surface area (Å²) in [5.74, 6) is -0.534. The van der Waals surface area contributed by atoms with E-state index in [1.807, 2.05) is 44.4 Å². The molecule has 1 saturated heterocycles. The third-order valence-corrected chi connectivity index (χ3v) is 5.14. The number of aliphatic hydroxyl groups is 3. The van der Waals surface area contributed by atoms with E-state index in [-0.39, 0.29) is 5.75 Å². The molecular formula is C22H29N3O7. The number of likely N-dealkylation sites (N-methyl/N-ethyl adjacent to an activating group) is 1. The third-order valence-electron chi connectivity index (χ3n) is 5.14. The van der Waals surface area contributed by atoms with E-state index in [0.717, 1.165) is 18.7 Å². The lowest BCUT2D eigenvalue weighted by Crippen LogP contribution is -2.61. The molecule has 10 nitrogen and oxygen atoms in total. The zero-order valence-electron chi connectivity index (χ0n) is 18.0. The predicted octanol–water partition coefficient (Wildman–Crippen LogP) is -0.0792. The number of aliphatic hydroxyl groups excluding tert-OH is 3. The maximum Gasteiger partial charge on any atom is 0.335 e. The van der Waals surface area contributed by atoms with Crippen molar-refractivity contribution in [3.63, 3.8) is 0 Å². The molecule has 4 N–H and O–H groups in total. The highest BCUT2D eigenvalue weighted by molar-refractivity contribution is 5.73. The number of carboxylic acids is 1. The maximum atomic E-state index is 11.2. The molecule has 2 aromatic rings. The van der Waals surface area contributed by atoms with E-state index in [1.54, 1.807) is 12.1 Å². The summed E-state index contributed by atoms with van der Waals surface area (Å²) in [7, 11) is 3.99. The summed E-state index contributed by atoms with van der Waals surface area (Å²) in [6.45, 7) is 2.23. The molecule has 0 amide bonds. The van der Waals surface area contributed by atoms with Crippen LogP contribution in [0.15, 0.2) is 48.7 Å². The molecule has 1 aliphatic heterocycles. The van der Waals surface area contributed by atoms with Crippen LogP contribution in [0.5, 0.6) is 5.75 Å². The molecule has 1 aromatic carbocycles. The number of hydrogen-bond acceptors (Lipinski definition) is 9. The molecule has 0 bridgehead atoms. The van der Waals surface area contributed by atoms with Gasteiger partial charge < -0.3 is 39.7 Å². The Bertz CT molecular complexity index is 866. The number of aromatic nitrogens is 1. The van der Waals surface area contributed by atoms with E-state index in [9.17, 15) is 20.1 Å². The summed E-state index contributed by atoms with van der Waals surface area (Å²) < 4.78 is 10.7. The lowest BCUT2D eigenvalue weighted by atomic mass is 9.99. The first-order valence-electron chi connectivity index (χ1n) is 10.2. The predicted molar refractivity (Wildman–Crippen MR) is 115 cm³/mol. The number of anilines is 1. The van der Waals surface area contributed by atoms with Crippen LogP contribution in [-0.2, 0) is 16.1 Å². The lowest BCUT2D eigenvalue weighted by Gasteiger charge is -2.38. The molecule has 1 aromatic heterocycles. The zero-order valence-corrected chi connectivity index (χ0v) is 18.0. The van der Waals surface area contributed by atoms with Crippen molar-refractivity contribution >= 4 is 11.8 Å². The van der Waals surface area contributed by atoms with Crippen molar-refractivity contribution in [1.29, 1.82) is 0 Å². The molecule has 0 saturated carbocycles. The molecule has 0 aliphatic carbocycles. The molecule has 10 heteroatoms. The second kappa shape index (κ2) is 10.7. The minimum atomic E-state index is -1.77. The molecular weight excluding hydrogens is 418 g/mol. The Hall–Kier alpha value is -2.76. The normalized spacial score (nSPS) is 25.5. The Morgan fingerprint density at radius 3 is 2.34 bits per heavy atom. The maximum absolute atomic E-state index is 11.2. The number of carbonyl (C=O) groups is 1. The summed E-state index contributed by atoms with van der Waals surface area (Å²) in [5, 5.41) is 39.0. The van der Waals surface area contributed by atoms with Gasteiger partial charge in [-0.1, -0.05) is 30.3 Å². The van der Waals surface area contributed by atoms with Gasteiger partial charge in [0.25, 0.3) is 0 Å². The number of benzene rings is 1. The van der Waals surface area contributed by atoms with E-state index in [2.05, 4.69) is 14.8 Å². The quantitative estimate of drug-likeness (QED) is 0.413. The SMILES string of the molecule is CN(C)CCN(Cc1ccccc1)c1ccc(O[C@@H]2O[C@H](C(=O)O)[C@@H](O)[C@H](O)[C@H]2O)cn1. The van der Waals surface area contributed by atoms with Crippen LogP contribution in [0.25, 0.3) is 0 Å². The van der Waals surface area contributed by atoms with E-state index in [0.29, 0.717) is 12.4 Å². The fraction of sp³-hybridized carbons (Fsp3) is 0.455. The van der Waals surface area contributed by atoms with E-state index in [4.69, 9.17) is 14.6 Å². The van der Waals surface area contributed by atoms with Crippen molar-refractivity contribution in [3.8, 4) is 5.75 Å². The highest BCUT2D eigenvalue weighted by Gasteiger charge is 2.48. The standard InChI is InChI=1S/C22H29N3O7/c1-24(2)10-11-25(13-14-6-4-3-5-7-14)16-9-8-15(12-23-16)31-22-19(28)17(26)18(27)20(32-22)21(29)30/h3-9,12,17-20,22,26-28H,10-11,13H2,1-2H3,(H,29,30)/t17-,18-,19+,20-,22+/m0/s1. The Morgan fingerprint density at radius 2 is 1.75 bits per heavy atom. The fourth-order valence-corrected chi connectivity index (χ4v) is 3.31. The van der Waals surface area contributed by atoms with Gasteiger partial charge in [-0.2, -0.15) is 0 Å². The first kappa shape index (κ1) is 23.9. The minimum Gasteiger partial charge on any atom is -0.479 e. The van der Waals surface area contributed by atoms with Crippen molar-refractivity contribution in [2.75, 3.05) is 32.1 Å². The van der Waals surface area contributed by atoms with Crippen LogP contribution in [0.4, 0.5) is 5.82 Å². The average molecular weight is 447 g/mol. The molecule has 0 unspecified atom stereocenters. The Morgan fingerprint density at radius 1 is 1.03 bits per heavy atom. The average Bonchev–Trinajstić information content (AvgIpc) is 2.78. The van der Waals surface area contributed by atoms with Crippen LogP contribution >= 0.6 is 0 Å². The number of carboxylic acid groups (broad SMARTS) is 1. The summed E-state index contributed by atoms with van der Waals surface area (Å²) >= 11 is 0. The number of hydrogen-bond donors (Lipinski definition) is 4. The molecule has 1 fully saturated rings. The van der Waals surface area contributed by atoms with Crippen LogP contribution in [0.1, 0.15) is 5.56 Å². The third kappa shape index (κ3) is 5.93. The molecule has 174 valence electrons. The lowest BCUT2D eigenvalue weighted by molar-refractivity contribution is -0.271. The summed E-state index contributed by atoms with van der Waals surface area (Å²) in [6.07, 6.45) is -6.89. The molecule has 2 heterocycles. The number of aliphatic carboxylic acids is 1. The van der Waals surface area contributed by atoms with Gasteiger partial charge in [-0.3, -0.25) is 0 Å². The topological polar surface area (TPSA) is 136 Å². The van der Waals surface area contributed by atoms with E-state index >= 15 is 0 Å². The van der Waals surface area contributed by atoms with Crippen LogP contribution < -0.4 is 9.64 Å². The van der Waals surface area contributed by atoms with Crippen LogP contribution in [0.3, 0.4) is 0 Å². The van der Waals surface area contributed by atoms with Gasteiger partial charge in [0, 0.05) is 19.6 Å². The number of rotatable bonds is 9. The van der Waals surface area contributed by atoms with Crippen LogP contribution in [-0.4, -0.2) is 94.2 Å². The van der Waals surface area contributed by atoms with Crippen molar-refractivity contribution in [1.82, 2.24) is 9.88 Å². The van der Waals surface area contributed by atoms with Crippen molar-refractivity contribution in [3.05, 3.63) is 54.2 Å². The van der Waals surface area contributed by atoms with Gasteiger partial charge in [0.2, 0.25) is 6.29 Å². The summed E-state index contributed by atoms with van der Waals surface area (Å²) in [5.41, 5.74) is 1.14. The van der Waals surface area contributed by atoms with Crippen molar-refractivity contribution < 1.29 is 34.7 Å². The summed E-state index contributed by atoms with van der Waals surface area (Å²) in [4.78, 5) is 19.9. The summed E-state index contributed by atoms with van der Waals surface area (Å²) in [6, 6.07) is 13.4. The Balaban J connectivity index is 1.72. The van der Waals surface area contributed by atoms with Crippen molar-refractivity contribution in [2.24, 2.45) is 0 Å². The molecule has 1 aliphatic rings. The van der Waals surface area contributed by atoms with E-state index < -0.39 is 36.7 Å². The smallest absolute Gasteiger partial charge is 0.335 e. The van der Waals surface area contributed by atoms with Gasteiger partial charge in [-0.05, 0) is 31.8 Å². The Labute approximate surface area is 186 Å². The monoisotopic (exact) mass is 447 g/mol. The molecule has 32 heavy (non-hydrogen) atoms. The highest BCUT2D eigenvalue weighted by Crippen LogP contribution is 2.25.